The second-order valence-electron chi connectivity index (χ2n) is 3.61. The summed E-state index contributed by atoms with van der Waals surface area (Å²) in [7, 11) is 0. The van der Waals surface area contributed by atoms with Crippen LogP contribution in [0.5, 0.6) is 0 Å². The summed E-state index contributed by atoms with van der Waals surface area (Å²) in [5, 5.41) is 9.79. The lowest BCUT2D eigenvalue weighted by Gasteiger charge is -1.98. The molecule has 0 fully saturated rings. The van der Waals surface area contributed by atoms with E-state index in [-0.39, 0.29) is 0 Å². The van der Waals surface area contributed by atoms with Crippen molar-refractivity contribution in [3.8, 4) is 22.3 Å². The van der Waals surface area contributed by atoms with E-state index in [9.17, 15) is 0 Å². The Bertz CT molecular complexity index is 708. The van der Waals surface area contributed by atoms with Crippen LogP contribution < -0.4 is 0 Å². The van der Waals surface area contributed by atoms with Crippen LogP contribution in [0.15, 0.2) is 28.2 Å². The summed E-state index contributed by atoms with van der Waals surface area (Å²) in [6, 6.07) is 3.73. The largest absolute Gasteiger partial charge is 0.462 e. The Morgan fingerprint density at radius 3 is 3.17 bits per heavy atom. The SMILES string of the molecule is CCn1c(-c2csc(-c3ccco3)n2)n[nH]c1=S. The average Bonchev–Trinajstić information content (AvgIpc) is 3.08. The molecule has 0 spiro atoms. The number of furan rings is 1. The van der Waals surface area contributed by atoms with Crippen LogP contribution in [-0.4, -0.2) is 19.7 Å². The van der Waals surface area contributed by atoms with Crippen LogP contribution >= 0.6 is 23.6 Å². The molecule has 3 heterocycles. The Balaban J connectivity index is 2.05. The molecule has 0 aromatic carbocycles. The van der Waals surface area contributed by atoms with Gasteiger partial charge in [0.05, 0.1) is 6.26 Å². The van der Waals surface area contributed by atoms with Gasteiger partial charge in [0.15, 0.2) is 21.4 Å². The van der Waals surface area contributed by atoms with E-state index in [0.717, 1.165) is 28.8 Å². The first-order valence-corrected chi connectivity index (χ1v) is 6.73. The van der Waals surface area contributed by atoms with Crippen molar-refractivity contribution in [1.29, 1.82) is 0 Å². The monoisotopic (exact) mass is 278 g/mol. The molecule has 3 aromatic rings. The van der Waals surface area contributed by atoms with E-state index in [1.165, 1.54) is 11.3 Å². The van der Waals surface area contributed by atoms with E-state index >= 15 is 0 Å². The Morgan fingerprint density at radius 1 is 1.56 bits per heavy atom. The third-order valence-corrected chi connectivity index (χ3v) is 3.71. The van der Waals surface area contributed by atoms with Gasteiger partial charge in [-0.1, -0.05) is 0 Å². The van der Waals surface area contributed by atoms with Crippen LogP contribution in [0.1, 0.15) is 6.92 Å². The molecule has 0 aliphatic carbocycles. The van der Waals surface area contributed by atoms with Crippen LogP contribution in [0.25, 0.3) is 22.3 Å². The fourth-order valence-electron chi connectivity index (χ4n) is 1.70. The van der Waals surface area contributed by atoms with Gasteiger partial charge in [0, 0.05) is 11.9 Å². The molecular formula is C11H10N4OS2. The van der Waals surface area contributed by atoms with E-state index in [4.69, 9.17) is 16.6 Å². The summed E-state index contributed by atoms with van der Waals surface area (Å²) in [4.78, 5) is 4.52. The number of nitrogens with zero attached hydrogens (tertiary/aromatic N) is 3. The molecule has 92 valence electrons. The number of nitrogens with one attached hydrogen (secondary N) is 1. The Kier molecular flexibility index (Phi) is 2.85. The number of H-pyrrole nitrogens is 1. The van der Waals surface area contributed by atoms with E-state index in [2.05, 4.69) is 15.2 Å². The summed E-state index contributed by atoms with van der Waals surface area (Å²) in [5.41, 5.74) is 0.806. The second-order valence-corrected chi connectivity index (χ2v) is 4.86. The highest BCUT2D eigenvalue weighted by molar-refractivity contribution is 7.71. The zero-order chi connectivity index (χ0) is 12.5. The Morgan fingerprint density at radius 2 is 2.44 bits per heavy atom. The Labute approximate surface area is 112 Å². The molecule has 3 aromatic heterocycles. The summed E-state index contributed by atoms with van der Waals surface area (Å²) in [5.74, 6) is 1.53. The van der Waals surface area contributed by atoms with Gasteiger partial charge in [0.2, 0.25) is 0 Å². The van der Waals surface area contributed by atoms with Crippen molar-refractivity contribution in [1.82, 2.24) is 19.7 Å². The maximum absolute atomic E-state index is 5.32. The molecule has 0 unspecified atom stereocenters. The number of aromatic amines is 1. The standard InChI is InChI=1S/C11H10N4OS2/c1-2-15-9(13-14-11(15)17)7-6-18-10(12-7)8-4-3-5-16-8/h3-6H,2H2,1H3,(H,14,17). The highest BCUT2D eigenvalue weighted by Crippen LogP contribution is 2.28. The van der Waals surface area contributed by atoms with E-state index < -0.39 is 0 Å². The molecule has 0 aliphatic rings. The minimum absolute atomic E-state index is 0.611. The maximum atomic E-state index is 5.32. The van der Waals surface area contributed by atoms with Gasteiger partial charge >= 0.3 is 0 Å². The molecule has 7 heteroatoms. The zero-order valence-electron chi connectivity index (χ0n) is 9.58. The van der Waals surface area contributed by atoms with E-state index in [1.807, 2.05) is 29.0 Å². The molecule has 0 bridgehead atoms. The van der Waals surface area contributed by atoms with Crippen molar-refractivity contribution in [2.75, 3.05) is 0 Å². The third kappa shape index (κ3) is 1.81. The number of hydrogen-bond acceptors (Lipinski definition) is 5. The summed E-state index contributed by atoms with van der Waals surface area (Å²) < 4.78 is 7.85. The lowest BCUT2D eigenvalue weighted by atomic mass is 10.4. The molecule has 0 radical (unpaired) electrons. The predicted octanol–water partition coefficient (Wildman–Crippen LogP) is 3.34. The molecule has 0 saturated carbocycles. The molecule has 3 rings (SSSR count). The van der Waals surface area contributed by atoms with Gasteiger partial charge in [-0.3, -0.25) is 9.67 Å². The van der Waals surface area contributed by atoms with Crippen molar-refractivity contribution < 1.29 is 4.42 Å². The number of hydrogen-bond donors (Lipinski definition) is 1. The minimum Gasteiger partial charge on any atom is -0.462 e. The van der Waals surface area contributed by atoms with Crippen LogP contribution in [0.3, 0.4) is 0 Å². The van der Waals surface area contributed by atoms with Gasteiger partial charge in [-0.05, 0) is 31.3 Å². The first-order chi connectivity index (χ1) is 8.79. The molecule has 0 amide bonds. The fourth-order valence-corrected chi connectivity index (χ4v) is 2.72. The first-order valence-electron chi connectivity index (χ1n) is 5.44. The van der Waals surface area contributed by atoms with Gasteiger partial charge in [-0.2, -0.15) is 5.10 Å². The van der Waals surface area contributed by atoms with Crippen molar-refractivity contribution in [3.05, 3.63) is 28.5 Å². The quantitative estimate of drug-likeness (QED) is 0.746. The van der Waals surface area contributed by atoms with Crippen molar-refractivity contribution in [3.63, 3.8) is 0 Å². The maximum Gasteiger partial charge on any atom is 0.195 e. The highest BCUT2D eigenvalue weighted by atomic mass is 32.1. The molecule has 0 saturated heterocycles. The summed E-state index contributed by atoms with van der Waals surface area (Å²) >= 11 is 6.68. The normalized spacial score (nSPS) is 10.9. The van der Waals surface area contributed by atoms with Gasteiger partial charge in [0.1, 0.15) is 5.69 Å². The van der Waals surface area contributed by atoms with Crippen molar-refractivity contribution >= 4 is 23.6 Å². The van der Waals surface area contributed by atoms with Crippen molar-refractivity contribution in [2.45, 2.75) is 13.5 Å². The van der Waals surface area contributed by atoms with Gasteiger partial charge in [0.25, 0.3) is 0 Å². The molecule has 5 nitrogen and oxygen atoms in total. The summed E-state index contributed by atoms with van der Waals surface area (Å²) in [6.07, 6.45) is 1.64. The highest BCUT2D eigenvalue weighted by Gasteiger charge is 2.13. The van der Waals surface area contributed by atoms with Crippen LogP contribution in [0.2, 0.25) is 0 Å². The van der Waals surface area contributed by atoms with E-state index in [1.54, 1.807) is 6.26 Å². The number of rotatable bonds is 3. The van der Waals surface area contributed by atoms with Crippen molar-refractivity contribution in [2.24, 2.45) is 0 Å². The second kappa shape index (κ2) is 4.51. The predicted molar refractivity (Wildman–Crippen MR) is 71.9 cm³/mol. The van der Waals surface area contributed by atoms with Crippen LogP contribution in [0, 0.1) is 4.77 Å². The lowest BCUT2D eigenvalue weighted by Crippen LogP contribution is -1.97. The average molecular weight is 278 g/mol. The smallest absolute Gasteiger partial charge is 0.195 e. The fraction of sp³-hybridized carbons (Fsp3) is 0.182. The number of aromatic nitrogens is 4. The summed E-state index contributed by atoms with van der Waals surface area (Å²) in [6.45, 7) is 2.78. The lowest BCUT2D eigenvalue weighted by molar-refractivity contribution is 0.582. The Hall–Kier alpha value is -1.73. The number of thiazole rings is 1. The molecule has 0 atom stereocenters. The molecule has 18 heavy (non-hydrogen) atoms. The first kappa shape index (κ1) is 11.4. The van der Waals surface area contributed by atoms with Gasteiger partial charge in [-0.15, -0.1) is 11.3 Å². The van der Waals surface area contributed by atoms with Gasteiger partial charge in [-0.25, -0.2) is 4.98 Å². The molecular weight excluding hydrogens is 268 g/mol. The minimum atomic E-state index is 0.611. The van der Waals surface area contributed by atoms with Crippen LogP contribution in [0.4, 0.5) is 0 Å². The van der Waals surface area contributed by atoms with Gasteiger partial charge < -0.3 is 4.42 Å². The van der Waals surface area contributed by atoms with E-state index in [0.29, 0.717) is 4.77 Å². The topological polar surface area (TPSA) is 59.6 Å². The molecule has 1 N–H and O–H groups in total. The third-order valence-electron chi connectivity index (χ3n) is 2.54. The molecule has 0 aliphatic heterocycles. The zero-order valence-corrected chi connectivity index (χ0v) is 11.2. The van der Waals surface area contributed by atoms with Crippen LogP contribution in [-0.2, 0) is 6.54 Å².